The number of ether oxygens (including phenoxy) is 1. The van der Waals surface area contributed by atoms with Gasteiger partial charge in [-0.05, 0) is 50.9 Å². The number of rotatable bonds is 4. The van der Waals surface area contributed by atoms with Gasteiger partial charge >= 0.3 is 0 Å². The van der Waals surface area contributed by atoms with Crippen molar-refractivity contribution >= 4 is 16.8 Å². The van der Waals surface area contributed by atoms with Gasteiger partial charge in [0.05, 0.1) is 11.1 Å². The number of amides is 1. The topological polar surface area (TPSA) is 45.7 Å². The highest BCUT2D eigenvalue weighted by atomic mass is 16.5. The standard InChI is InChI=1S/C23H31N3O2/c1-3-25(4-2)19-11-16-28-23(17-19)12-14-26(15-13-23)22(27)21-10-9-18-7-5-6-8-20(18)24-21/h5-10,19H,3-4,11-17H2,1-2H3. The fraction of sp³-hybridized carbons (Fsp3) is 0.565. The molecule has 0 radical (unpaired) electrons. The summed E-state index contributed by atoms with van der Waals surface area (Å²) in [6, 6.07) is 12.4. The third-order valence-electron chi connectivity index (χ3n) is 6.58. The smallest absolute Gasteiger partial charge is 0.272 e. The summed E-state index contributed by atoms with van der Waals surface area (Å²) in [4.78, 5) is 22.1. The van der Waals surface area contributed by atoms with E-state index in [0.29, 0.717) is 11.7 Å². The van der Waals surface area contributed by atoms with Crippen LogP contribution in [-0.2, 0) is 4.74 Å². The molecule has 2 aliphatic rings. The maximum Gasteiger partial charge on any atom is 0.272 e. The van der Waals surface area contributed by atoms with Crippen molar-refractivity contribution in [1.29, 1.82) is 0 Å². The molecule has 2 aliphatic heterocycles. The second-order valence-electron chi connectivity index (χ2n) is 8.08. The first kappa shape index (κ1) is 19.3. The van der Waals surface area contributed by atoms with Crippen LogP contribution in [0.2, 0.25) is 0 Å². The van der Waals surface area contributed by atoms with E-state index in [1.54, 1.807) is 0 Å². The third-order valence-corrected chi connectivity index (χ3v) is 6.58. The van der Waals surface area contributed by atoms with E-state index in [9.17, 15) is 4.79 Å². The van der Waals surface area contributed by atoms with E-state index in [2.05, 4.69) is 23.7 Å². The molecule has 1 atom stereocenters. The Morgan fingerprint density at radius 1 is 1.18 bits per heavy atom. The molecule has 0 N–H and O–H groups in total. The van der Waals surface area contributed by atoms with Crippen LogP contribution in [0.15, 0.2) is 36.4 Å². The molecule has 1 unspecified atom stereocenters. The molecule has 2 fully saturated rings. The summed E-state index contributed by atoms with van der Waals surface area (Å²) in [5.41, 5.74) is 1.36. The zero-order valence-corrected chi connectivity index (χ0v) is 17.1. The van der Waals surface area contributed by atoms with E-state index in [-0.39, 0.29) is 11.5 Å². The van der Waals surface area contributed by atoms with Crippen LogP contribution in [0.4, 0.5) is 0 Å². The van der Waals surface area contributed by atoms with Crippen molar-refractivity contribution in [3.63, 3.8) is 0 Å². The van der Waals surface area contributed by atoms with E-state index in [1.165, 1.54) is 0 Å². The summed E-state index contributed by atoms with van der Waals surface area (Å²) >= 11 is 0. The van der Waals surface area contributed by atoms with E-state index >= 15 is 0 Å². The summed E-state index contributed by atoms with van der Waals surface area (Å²) in [5.74, 6) is 0.0386. The molecule has 5 heteroatoms. The number of benzene rings is 1. The molecule has 5 nitrogen and oxygen atoms in total. The van der Waals surface area contributed by atoms with Crippen LogP contribution in [0.3, 0.4) is 0 Å². The lowest BCUT2D eigenvalue weighted by atomic mass is 9.81. The Labute approximate surface area is 167 Å². The summed E-state index contributed by atoms with van der Waals surface area (Å²) in [6.45, 7) is 9.00. The number of carbonyl (C=O) groups excluding carboxylic acids is 1. The van der Waals surface area contributed by atoms with Gasteiger partial charge in [0.1, 0.15) is 5.69 Å². The monoisotopic (exact) mass is 381 g/mol. The Morgan fingerprint density at radius 3 is 2.68 bits per heavy atom. The summed E-state index contributed by atoms with van der Waals surface area (Å²) in [6.07, 6.45) is 4.05. The molecule has 0 saturated carbocycles. The molecule has 0 aliphatic carbocycles. The van der Waals surface area contributed by atoms with Gasteiger partial charge in [0.2, 0.25) is 0 Å². The van der Waals surface area contributed by atoms with Gasteiger partial charge in [-0.3, -0.25) is 4.79 Å². The molecular weight excluding hydrogens is 350 g/mol. The lowest BCUT2D eigenvalue weighted by Crippen LogP contribution is -2.54. The predicted molar refractivity (Wildman–Crippen MR) is 112 cm³/mol. The first-order chi connectivity index (χ1) is 13.6. The molecule has 1 aromatic carbocycles. The second kappa shape index (κ2) is 8.18. The van der Waals surface area contributed by atoms with Crippen molar-refractivity contribution in [3.8, 4) is 0 Å². The van der Waals surface area contributed by atoms with Gasteiger partial charge in [0.15, 0.2) is 0 Å². The number of para-hydroxylation sites is 1. The quantitative estimate of drug-likeness (QED) is 0.810. The van der Waals surface area contributed by atoms with E-state index in [1.807, 2.05) is 41.3 Å². The Morgan fingerprint density at radius 2 is 1.93 bits per heavy atom. The van der Waals surface area contributed by atoms with Gasteiger partial charge in [-0.15, -0.1) is 0 Å². The van der Waals surface area contributed by atoms with Crippen LogP contribution in [0.25, 0.3) is 10.9 Å². The average Bonchev–Trinajstić information content (AvgIpc) is 2.74. The Hall–Kier alpha value is -1.98. The summed E-state index contributed by atoms with van der Waals surface area (Å²) in [7, 11) is 0. The van der Waals surface area contributed by atoms with Crippen LogP contribution in [0, 0.1) is 0 Å². The van der Waals surface area contributed by atoms with Gasteiger partial charge in [0.25, 0.3) is 5.91 Å². The van der Waals surface area contributed by atoms with E-state index in [0.717, 1.165) is 69.4 Å². The molecule has 4 rings (SSSR count). The maximum atomic E-state index is 13.0. The minimum Gasteiger partial charge on any atom is -0.375 e. The fourth-order valence-electron chi connectivity index (χ4n) is 4.87. The Kier molecular flexibility index (Phi) is 5.65. The SMILES string of the molecule is CCN(CC)C1CCOC2(CCN(C(=O)c3ccc4ccccc4n3)CC2)C1. The lowest BCUT2D eigenvalue weighted by molar-refractivity contribution is -0.129. The van der Waals surface area contributed by atoms with Gasteiger partial charge in [-0.2, -0.15) is 0 Å². The molecule has 150 valence electrons. The number of nitrogens with zero attached hydrogens (tertiary/aromatic N) is 3. The Bertz CT molecular complexity index is 825. The minimum atomic E-state index is -0.0564. The highest BCUT2D eigenvalue weighted by Gasteiger charge is 2.42. The van der Waals surface area contributed by atoms with Gasteiger partial charge < -0.3 is 14.5 Å². The molecule has 1 aromatic heterocycles. The van der Waals surface area contributed by atoms with Crippen LogP contribution in [-0.4, -0.2) is 65.1 Å². The number of pyridine rings is 1. The molecule has 1 amide bonds. The van der Waals surface area contributed by atoms with Crippen molar-refractivity contribution in [1.82, 2.24) is 14.8 Å². The molecular formula is C23H31N3O2. The van der Waals surface area contributed by atoms with Gasteiger partial charge in [-0.1, -0.05) is 38.1 Å². The summed E-state index contributed by atoms with van der Waals surface area (Å²) in [5, 5.41) is 1.06. The maximum absolute atomic E-state index is 13.0. The number of piperidine rings is 1. The predicted octanol–water partition coefficient (Wildman–Crippen LogP) is 3.73. The minimum absolute atomic E-state index is 0.0386. The van der Waals surface area contributed by atoms with Crippen molar-refractivity contribution in [2.75, 3.05) is 32.8 Å². The first-order valence-corrected chi connectivity index (χ1v) is 10.7. The van der Waals surface area contributed by atoms with Crippen molar-refractivity contribution in [2.24, 2.45) is 0 Å². The lowest BCUT2D eigenvalue weighted by Gasteiger charge is -2.48. The number of likely N-dealkylation sites (tertiary alicyclic amines) is 1. The highest BCUT2D eigenvalue weighted by Crippen LogP contribution is 2.37. The average molecular weight is 382 g/mol. The first-order valence-electron chi connectivity index (χ1n) is 10.7. The molecule has 3 heterocycles. The molecule has 28 heavy (non-hydrogen) atoms. The molecule has 1 spiro atoms. The zero-order chi connectivity index (χ0) is 19.6. The second-order valence-corrected chi connectivity index (χ2v) is 8.08. The number of fused-ring (bicyclic) bond motifs is 1. The normalized spacial score (nSPS) is 22.1. The van der Waals surface area contributed by atoms with E-state index < -0.39 is 0 Å². The fourth-order valence-corrected chi connectivity index (χ4v) is 4.87. The van der Waals surface area contributed by atoms with Crippen molar-refractivity contribution in [2.45, 2.75) is 51.2 Å². The largest absolute Gasteiger partial charge is 0.375 e. The molecule has 0 bridgehead atoms. The van der Waals surface area contributed by atoms with E-state index in [4.69, 9.17) is 4.74 Å². The van der Waals surface area contributed by atoms with Crippen LogP contribution in [0.5, 0.6) is 0 Å². The Balaban J connectivity index is 1.42. The highest BCUT2D eigenvalue weighted by molar-refractivity contribution is 5.95. The third kappa shape index (κ3) is 3.78. The number of hydrogen-bond acceptors (Lipinski definition) is 4. The van der Waals surface area contributed by atoms with Gasteiger partial charge in [0, 0.05) is 31.1 Å². The molecule has 2 aromatic rings. The molecule has 2 saturated heterocycles. The van der Waals surface area contributed by atoms with Crippen molar-refractivity contribution in [3.05, 3.63) is 42.1 Å². The van der Waals surface area contributed by atoms with Crippen LogP contribution >= 0.6 is 0 Å². The summed E-state index contributed by atoms with van der Waals surface area (Å²) < 4.78 is 6.29. The number of hydrogen-bond donors (Lipinski definition) is 0. The number of carbonyl (C=O) groups is 1. The van der Waals surface area contributed by atoms with Crippen LogP contribution in [0.1, 0.15) is 50.0 Å². The van der Waals surface area contributed by atoms with Crippen LogP contribution < -0.4 is 0 Å². The van der Waals surface area contributed by atoms with Gasteiger partial charge in [-0.25, -0.2) is 4.98 Å². The number of aromatic nitrogens is 1. The zero-order valence-electron chi connectivity index (χ0n) is 17.1. The van der Waals surface area contributed by atoms with Crippen molar-refractivity contribution < 1.29 is 9.53 Å².